The summed E-state index contributed by atoms with van der Waals surface area (Å²) in [6.07, 6.45) is 9.47. The maximum Gasteiger partial charge on any atom is 0.276 e. The van der Waals surface area contributed by atoms with Crippen LogP contribution in [0.25, 0.3) is 10.2 Å². The van der Waals surface area contributed by atoms with Crippen molar-refractivity contribution >= 4 is 27.5 Å². The number of carbonyl (C=O) groups excluding carboxylic acids is 1. The van der Waals surface area contributed by atoms with Crippen molar-refractivity contribution in [1.29, 1.82) is 0 Å². The summed E-state index contributed by atoms with van der Waals surface area (Å²) in [5, 5.41) is 4.31. The molecule has 2 heterocycles. The molecule has 4 nitrogen and oxygen atoms in total. The average Bonchev–Trinajstić information content (AvgIpc) is 3.11. The van der Waals surface area contributed by atoms with E-state index in [-0.39, 0.29) is 5.91 Å². The van der Waals surface area contributed by atoms with Gasteiger partial charge in [-0.3, -0.25) is 4.79 Å². The number of fused-ring (bicyclic) bond motifs is 1. The number of benzene rings is 1. The number of rotatable bonds is 6. The summed E-state index contributed by atoms with van der Waals surface area (Å²) in [6, 6.07) is 8.30. The Labute approximate surface area is 160 Å². The number of para-hydroxylation sites is 1. The summed E-state index contributed by atoms with van der Waals surface area (Å²) in [4.78, 5) is 18.7. The van der Waals surface area contributed by atoms with Crippen LogP contribution in [0.3, 0.4) is 0 Å². The van der Waals surface area contributed by atoms with Gasteiger partial charge in [-0.1, -0.05) is 31.9 Å². The van der Waals surface area contributed by atoms with Crippen LogP contribution in [-0.2, 0) is 4.79 Å². The van der Waals surface area contributed by atoms with Gasteiger partial charge in [-0.05, 0) is 37.8 Å². The maximum absolute atomic E-state index is 12.5. The van der Waals surface area contributed by atoms with Gasteiger partial charge in [0.15, 0.2) is 6.54 Å². The van der Waals surface area contributed by atoms with Crippen LogP contribution in [0.1, 0.15) is 50.5 Å². The molecule has 26 heavy (non-hydrogen) atoms. The predicted octanol–water partition coefficient (Wildman–Crippen LogP) is 2.37. The Bertz CT molecular complexity index is 770. The van der Waals surface area contributed by atoms with Crippen molar-refractivity contribution in [3.63, 3.8) is 0 Å². The summed E-state index contributed by atoms with van der Waals surface area (Å²) >= 11 is 1.79. The zero-order valence-corrected chi connectivity index (χ0v) is 16.5. The van der Waals surface area contributed by atoms with Gasteiger partial charge in [0.25, 0.3) is 5.91 Å². The van der Waals surface area contributed by atoms with Crippen molar-refractivity contribution in [2.45, 2.75) is 51.0 Å². The van der Waals surface area contributed by atoms with Crippen molar-refractivity contribution in [2.24, 2.45) is 0 Å². The fraction of sp³-hybridized carbons (Fsp3) is 0.524. The van der Waals surface area contributed by atoms with Crippen LogP contribution < -0.4 is 10.2 Å². The van der Waals surface area contributed by atoms with Crippen molar-refractivity contribution in [3.8, 4) is 12.3 Å². The molecule has 0 radical (unpaired) electrons. The van der Waals surface area contributed by atoms with Gasteiger partial charge in [-0.2, -0.15) is 0 Å². The number of likely N-dealkylation sites (tertiary alicyclic amines) is 1. The van der Waals surface area contributed by atoms with Gasteiger partial charge >= 0.3 is 0 Å². The van der Waals surface area contributed by atoms with Crippen molar-refractivity contribution in [3.05, 3.63) is 29.3 Å². The Hall–Kier alpha value is -1.90. The third-order valence-corrected chi connectivity index (χ3v) is 6.75. The van der Waals surface area contributed by atoms with Crippen LogP contribution in [0.2, 0.25) is 0 Å². The number of amides is 1. The third-order valence-electron chi connectivity index (χ3n) is 5.55. The average molecular weight is 371 g/mol. The van der Waals surface area contributed by atoms with E-state index >= 15 is 0 Å². The van der Waals surface area contributed by atoms with Crippen LogP contribution in [-0.4, -0.2) is 36.1 Å². The quantitative estimate of drug-likeness (QED) is 0.767. The van der Waals surface area contributed by atoms with E-state index in [1.807, 2.05) is 19.9 Å². The minimum Gasteiger partial charge on any atom is -0.335 e. The maximum atomic E-state index is 12.5. The largest absolute Gasteiger partial charge is 0.335 e. The fourth-order valence-electron chi connectivity index (χ4n) is 3.79. The van der Waals surface area contributed by atoms with Crippen LogP contribution in [0.5, 0.6) is 0 Å². The Morgan fingerprint density at radius 3 is 2.88 bits per heavy atom. The van der Waals surface area contributed by atoms with Crippen molar-refractivity contribution in [1.82, 2.24) is 10.3 Å². The zero-order chi connectivity index (χ0) is 18.6. The number of piperidine rings is 1. The molecule has 138 valence electrons. The first-order chi connectivity index (χ1) is 12.6. The standard InChI is InChI=1S/C21H27N3OS/c1-4-21(5-2,6-3)23-19(25)15-24-13-9-10-16(14-24)20-22-17-11-7-8-12-18(17)26-20/h1,7-8,11-12,16H,5-6,9-10,13-15H2,2-3H3,(H,23,25)/p+1/t16-/m0/s1. The second-order valence-electron chi connectivity index (χ2n) is 7.22. The summed E-state index contributed by atoms with van der Waals surface area (Å²) in [5.41, 5.74) is 0.584. The van der Waals surface area contributed by atoms with E-state index < -0.39 is 5.54 Å². The molecule has 1 aromatic carbocycles. The lowest BCUT2D eigenvalue weighted by atomic mass is 9.94. The molecule has 2 N–H and O–H groups in total. The predicted molar refractivity (Wildman–Crippen MR) is 107 cm³/mol. The monoisotopic (exact) mass is 370 g/mol. The van der Waals surface area contributed by atoms with E-state index in [2.05, 4.69) is 29.4 Å². The number of hydrogen-bond donors (Lipinski definition) is 2. The first-order valence-corrected chi connectivity index (χ1v) is 10.4. The zero-order valence-electron chi connectivity index (χ0n) is 15.7. The number of terminal acetylenes is 1. The van der Waals surface area contributed by atoms with E-state index in [9.17, 15) is 4.79 Å². The van der Waals surface area contributed by atoms with Crippen LogP contribution in [0, 0.1) is 12.3 Å². The van der Waals surface area contributed by atoms with Crippen LogP contribution in [0.4, 0.5) is 0 Å². The van der Waals surface area contributed by atoms with Gasteiger partial charge in [-0.25, -0.2) is 4.98 Å². The highest BCUT2D eigenvalue weighted by atomic mass is 32.1. The molecule has 0 aliphatic carbocycles. The molecule has 0 bridgehead atoms. The smallest absolute Gasteiger partial charge is 0.276 e. The highest BCUT2D eigenvalue weighted by Gasteiger charge is 2.31. The fourth-order valence-corrected chi connectivity index (χ4v) is 4.89. The molecule has 3 rings (SSSR count). The van der Waals surface area contributed by atoms with E-state index in [4.69, 9.17) is 11.4 Å². The number of hydrogen-bond acceptors (Lipinski definition) is 3. The van der Waals surface area contributed by atoms with Gasteiger partial charge in [0.05, 0.1) is 29.2 Å². The summed E-state index contributed by atoms with van der Waals surface area (Å²) in [7, 11) is 0. The molecule has 1 aliphatic heterocycles. The van der Waals surface area contributed by atoms with Crippen LogP contribution >= 0.6 is 11.3 Å². The Morgan fingerprint density at radius 2 is 2.19 bits per heavy atom. The number of aromatic nitrogens is 1. The van der Waals surface area contributed by atoms with Gasteiger partial charge in [0.2, 0.25) is 0 Å². The molecule has 5 heteroatoms. The Balaban J connectivity index is 1.63. The molecule has 0 spiro atoms. The van der Waals surface area contributed by atoms with Gasteiger partial charge in [-0.15, -0.1) is 17.8 Å². The lowest BCUT2D eigenvalue weighted by molar-refractivity contribution is -0.898. The van der Waals surface area contributed by atoms with Gasteiger partial charge < -0.3 is 10.2 Å². The topological polar surface area (TPSA) is 46.4 Å². The van der Waals surface area contributed by atoms with Gasteiger partial charge in [0.1, 0.15) is 10.5 Å². The normalized spacial score (nSPS) is 20.7. The summed E-state index contributed by atoms with van der Waals surface area (Å²) in [5.74, 6) is 3.29. The summed E-state index contributed by atoms with van der Waals surface area (Å²) < 4.78 is 1.25. The molecule has 1 amide bonds. The number of carbonyl (C=O) groups is 1. The number of thiazole rings is 1. The Morgan fingerprint density at radius 1 is 1.42 bits per heavy atom. The molecule has 1 aliphatic rings. The highest BCUT2D eigenvalue weighted by molar-refractivity contribution is 7.18. The molecular formula is C21H28N3OS+. The molecule has 0 saturated carbocycles. The number of nitrogens with one attached hydrogen (secondary N) is 2. The minimum atomic E-state index is -0.501. The van der Waals surface area contributed by atoms with Gasteiger partial charge in [0, 0.05) is 0 Å². The van der Waals surface area contributed by atoms with E-state index in [0.29, 0.717) is 12.5 Å². The lowest BCUT2D eigenvalue weighted by Crippen LogP contribution is -3.14. The van der Waals surface area contributed by atoms with Crippen LogP contribution in [0.15, 0.2) is 24.3 Å². The SMILES string of the molecule is C#CC(CC)(CC)NC(=O)C[NH+]1CCC[C@H](c2nc3ccccc3s2)C1. The highest BCUT2D eigenvalue weighted by Crippen LogP contribution is 2.30. The molecular weight excluding hydrogens is 342 g/mol. The first-order valence-electron chi connectivity index (χ1n) is 9.57. The summed E-state index contributed by atoms with van der Waals surface area (Å²) in [6.45, 7) is 6.55. The molecule has 1 fully saturated rings. The molecule has 2 atom stereocenters. The second kappa shape index (κ2) is 8.20. The molecule has 1 aromatic heterocycles. The van der Waals surface area contributed by atoms with E-state index in [1.165, 1.54) is 14.6 Å². The molecule has 2 aromatic rings. The minimum absolute atomic E-state index is 0.0617. The Kier molecular flexibility index (Phi) is 5.95. The first kappa shape index (κ1) is 18.9. The van der Waals surface area contributed by atoms with Crippen molar-refractivity contribution in [2.75, 3.05) is 19.6 Å². The number of quaternary nitrogens is 1. The van der Waals surface area contributed by atoms with E-state index in [1.54, 1.807) is 11.3 Å². The third kappa shape index (κ3) is 4.08. The van der Waals surface area contributed by atoms with Crippen molar-refractivity contribution < 1.29 is 9.69 Å². The lowest BCUT2D eigenvalue weighted by Gasteiger charge is -2.31. The molecule has 1 saturated heterocycles. The number of nitrogens with zero attached hydrogens (tertiary/aromatic N) is 1. The van der Waals surface area contributed by atoms with E-state index in [0.717, 1.165) is 44.3 Å². The molecule has 1 unspecified atom stereocenters. The second-order valence-corrected chi connectivity index (χ2v) is 8.28.